The van der Waals surface area contributed by atoms with E-state index in [2.05, 4.69) is 0 Å². The van der Waals surface area contributed by atoms with Crippen molar-refractivity contribution in [3.63, 3.8) is 0 Å². The Balaban J connectivity index is 1.95. The molecule has 154 valence electrons. The molecule has 31 heavy (non-hydrogen) atoms. The van der Waals surface area contributed by atoms with Crippen LogP contribution in [0, 0.1) is 0 Å². The molecule has 0 N–H and O–H groups in total. The average molecular weight is 409 g/mol. The van der Waals surface area contributed by atoms with Gasteiger partial charge in [-0.05, 0) is 24.1 Å². The predicted octanol–water partition coefficient (Wildman–Crippen LogP) is 5.61. The molecule has 0 aliphatic carbocycles. The van der Waals surface area contributed by atoms with Crippen LogP contribution in [0.2, 0.25) is 0 Å². The molecule has 0 aliphatic heterocycles. The monoisotopic (exact) mass is 409 g/mol. The maximum absolute atomic E-state index is 13.6. The van der Waals surface area contributed by atoms with Crippen molar-refractivity contribution in [3.8, 4) is 11.3 Å². The highest BCUT2D eigenvalue weighted by Crippen LogP contribution is 2.29. The van der Waals surface area contributed by atoms with E-state index in [0.29, 0.717) is 17.8 Å². The number of carbonyl (C=O) groups excluding carboxylic acids is 2. The van der Waals surface area contributed by atoms with E-state index >= 15 is 0 Å². The van der Waals surface area contributed by atoms with Crippen molar-refractivity contribution >= 4 is 11.8 Å². The predicted molar refractivity (Wildman–Crippen MR) is 121 cm³/mol. The van der Waals surface area contributed by atoms with E-state index in [-0.39, 0.29) is 18.0 Å². The van der Waals surface area contributed by atoms with Crippen molar-refractivity contribution in [1.29, 1.82) is 0 Å². The van der Waals surface area contributed by atoms with Crippen LogP contribution >= 0.6 is 0 Å². The summed E-state index contributed by atoms with van der Waals surface area (Å²) in [6.07, 6.45) is 0. The first-order valence-corrected chi connectivity index (χ1v) is 10.3. The molecule has 4 rings (SSSR count). The Labute approximate surface area is 181 Å². The van der Waals surface area contributed by atoms with Crippen LogP contribution in [0.4, 0.5) is 0 Å². The number of benzene rings is 3. The van der Waals surface area contributed by atoms with Crippen LogP contribution in [0.5, 0.6) is 0 Å². The molecule has 0 amide bonds. The molecular weight excluding hydrogens is 386 g/mol. The highest BCUT2D eigenvalue weighted by molar-refractivity contribution is 6.14. The van der Waals surface area contributed by atoms with Gasteiger partial charge in [0.1, 0.15) is 5.69 Å². The van der Waals surface area contributed by atoms with Crippen LogP contribution < -0.4 is 0 Å². The highest BCUT2D eigenvalue weighted by Gasteiger charge is 2.27. The second-order valence-corrected chi connectivity index (χ2v) is 7.15. The maximum Gasteiger partial charge on any atom is 0.340 e. The first-order valence-electron chi connectivity index (χ1n) is 10.3. The van der Waals surface area contributed by atoms with Gasteiger partial charge in [-0.1, -0.05) is 91.0 Å². The van der Waals surface area contributed by atoms with Gasteiger partial charge in [0.25, 0.3) is 0 Å². The van der Waals surface area contributed by atoms with E-state index in [0.717, 1.165) is 16.8 Å². The second kappa shape index (κ2) is 9.26. The lowest BCUT2D eigenvalue weighted by molar-refractivity contribution is 0.0523. The zero-order chi connectivity index (χ0) is 21.6. The molecule has 0 fully saturated rings. The molecule has 3 aromatic carbocycles. The third-order valence-corrected chi connectivity index (χ3v) is 5.10. The van der Waals surface area contributed by atoms with Gasteiger partial charge in [-0.2, -0.15) is 0 Å². The molecule has 1 heterocycles. The standard InChI is InChI=1S/C27H23NO3/c1-2-31-27(30)23-18-24(21-14-8-4-9-15-21)28(19-20-12-6-3-7-13-20)25(23)26(29)22-16-10-5-11-17-22/h3-18H,2,19H2,1H3. The second-order valence-electron chi connectivity index (χ2n) is 7.15. The minimum absolute atomic E-state index is 0.207. The van der Waals surface area contributed by atoms with Crippen molar-refractivity contribution < 1.29 is 14.3 Å². The quantitative estimate of drug-likeness (QED) is 0.294. The van der Waals surface area contributed by atoms with Crippen molar-refractivity contribution in [2.24, 2.45) is 0 Å². The number of ketones is 1. The number of hydrogen-bond acceptors (Lipinski definition) is 3. The number of aromatic nitrogens is 1. The molecule has 0 unspecified atom stereocenters. The minimum atomic E-state index is -0.495. The van der Waals surface area contributed by atoms with E-state index < -0.39 is 5.97 Å². The van der Waals surface area contributed by atoms with E-state index in [4.69, 9.17) is 4.74 Å². The van der Waals surface area contributed by atoms with E-state index in [1.807, 2.05) is 83.4 Å². The summed E-state index contributed by atoms with van der Waals surface area (Å²) in [6, 6.07) is 30.5. The molecule has 0 radical (unpaired) electrons. The molecule has 4 heteroatoms. The van der Waals surface area contributed by atoms with Crippen LogP contribution in [0.15, 0.2) is 97.1 Å². The van der Waals surface area contributed by atoms with Crippen molar-refractivity contribution in [1.82, 2.24) is 4.57 Å². The number of ether oxygens (including phenoxy) is 1. The zero-order valence-electron chi connectivity index (χ0n) is 17.3. The fourth-order valence-corrected chi connectivity index (χ4v) is 3.66. The third kappa shape index (κ3) is 4.33. The van der Waals surface area contributed by atoms with Gasteiger partial charge in [0.05, 0.1) is 12.2 Å². The summed E-state index contributed by atoms with van der Waals surface area (Å²) >= 11 is 0. The lowest BCUT2D eigenvalue weighted by Gasteiger charge is -2.14. The third-order valence-electron chi connectivity index (χ3n) is 5.10. The van der Waals surface area contributed by atoms with E-state index in [1.165, 1.54) is 0 Å². The Bertz CT molecular complexity index is 1180. The molecule has 0 saturated carbocycles. The summed E-state index contributed by atoms with van der Waals surface area (Å²) < 4.78 is 7.23. The highest BCUT2D eigenvalue weighted by atomic mass is 16.5. The largest absolute Gasteiger partial charge is 0.462 e. The summed E-state index contributed by atoms with van der Waals surface area (Å²) in [5, 5.41) is 0. The maximum atomic E-state index is 13.6. The number of hydrogen-bond donors (Lipinski definition) is 0. The topological polar surface area (TPSA) is 48.3 Å². The van der Waals surface area contributed by atoms with Crippen molar-refractivity contribution in [2.45, 2.75) is 13.5 Å². The van der Waals surface area contributed by atoms with Gasteiger partial charge in [-0.15, -0.1) is 0 Å². The van der Waals surface area contributed by atoms with Crippen LogP contribution in [-0.4, -0.2) is 22.9 Å². The van der Waals surface area contributed by atoms with Crippen LogP contribution in [0.25, 0.3) is 11.3 Å². The smallest absolute Gasteiger partial charge is 0.340 e. The molecule has 0 saturated heterocycles. The first kappa shape index (κ1) is 20.4. The molecule has 0 atom stereocenters. The van der Waals surface area contributed by atoms with Gasteiger partial charge in [0, 0.05) is 17.8 Å². The lowest BCUT2D eigenvalue weighted by atomic mass is 10.0. The Morgan fingerprint density at radius 3 is 2.00 bits per heavy atom. The number of carbonyl (C=O) groups is 2. The molecule has 4 aromatic rings. The summed E-state index contributed by atoms with van der Waals surface area (Å²) in [7, 11) is 0. The number of rotatable bonds is 7. The van der Waals surface area contributed by atoms with Crippen LogP contribution in [0.3, 0.4) is 0 Å². The summed E-state index contributed by atoms with van der Waals surface area (Å²) in [5.41, 5.74) is 3.91. The molecule has 1 aromatic heterocycles. The fraction of sp³-hybridized carbons (Fsp3) is 0.111. The Morgan fingerprint density at radius 2 is 1.39 bits per heavy atom. The molecular formula is C27H23NO3. The van der Waals surface area contributed by atoms with E-state index in [9.17, 15) is 9.59 Å². The molecule has 4 nitrogen and oxygen atoms in total. The number of esters is 1. The molecule has 0 aliphatic rings. The normalized spacial score (nSPS) is 10.6. The summed E-state index contributed by atoms with van der Waals surface area (Å²) in [5.74, 6) is -0.701. The van der Waals surface area contributed by atoms with Gasteiger partial charge in [0.15, 0.2) is 0 Å². The zero-order valence-corrected chi connectivity index (χ0v) is 17.3. The van der Waals surface area contributed by atoms with Gasteiger partial charge in [-0.3, -0.25) is 4.79 Å². The SMILES string of the molecule is CCOC(=O)c1cc(-c2ccccc2)n(Cc2ccccc2)c1C(=O)c1ccccc1. The Kier molecular flexibility index (Phi) is 6.08. The van der Waals surface area contributed by atoms with Gasteiger partial charge < -0.3 is 9.30 Å². The van der Waals surface area contributed by atoms with Crippen LogP contribution in [0.1, 0.15) is 38.9 Å². The number of nitrogens with zero attached hydrogens (tertiary/aromatic N) is 1. The van der Waals surface area contributed by atoms with Gasteiger partial charge in [0.2, 0.25) is 5.78 Å². The first-order chi connectivity index (χ1) is 15.2. The molecule has 0 spiro atoms. The van der Waals surface area contributed by atoms with Gasteiger partial charge >= 0.3 is 5.97 Å². The molecule has 0 bridgehead atoms. The summed E-state index contributed by atoms with van der Waals surface area (Å²) in [6.45, 7) is 2.45. The van der Waals surface area contributed by atoms with Gasteiger partial charge in [-0.25, -0.2) is 4.79 Å². The Morgan fingerprint density at radius 1 is 0.806 bits per heavy atom. The summed E-state index contributed by atoms with van der Waals surface area (Å²) in [4.78, 5) is 26.5. The van der Waals surface area contributed by atoms with Crippen LogP contribution in [-0.2, 0) is 11.3 Å². The Hall–Kier alpha value is -3.92. The van der Waals surface area contributed by atoms with E-state index in [1.54, 1.807) is 25.1 Å². The average Bonchev–Trinajstić information content (AvgIpc) is 3.19. The van der Waals surface area contributed by atoms with Crippen molar-refractivity contribution in [2.75, 3.05) is 6.61 Å². The fourth-order valence-electron chi connectivity index (χ4n) is 3.66. The minimum Gasteiger partial charge on any atom is -0.462 e. The van der Waals surface area contributed by atoms with Crippen molar-refractivity contribution in [3.05, 3.63) is 119 Å². The lowest BCUT2D eigenvalue weighted by Crippen LogP contribution is -2.17.